The molecular weight excluding hydrogens is 374 g/mol. The molecule has 28 heavy (non-hydrogen) atoms. The predicted molar refractivity (Wildman–Crippen MR) is 112 cm³/mol. The first-order chi connectivity index (χ1) is 13.5. The Morgan fingerprint density at radius 1 is 1.07 bits per heavy atom. The van der Waals surface area contributed by atoms with E-state index < -0.39 is 10.0 Å². The van der Waals surface area contributed by atoms with E-state index in [4.69, 9.17) is 0 Å². The highest BCUT2D eigenvalue weighted by atomic mass is 32.2. The van der Waals surface area contributed by atoms with E-state index in [0.717, 1.165) is 31.4 Å². The Morgan fingerprint density at radius 3 is 2.46 bits per heavy atom. The van der Waals surface area contributed by atoms with Gasteiger partial charge in [0.15, 0.2) is 0 Å². The van der Waals surface area contributed by atoms with Crippen molar-refractivity contribution >= 4 is 22.0 Å². The molecule has 1 atom stereocenters. The second-order valence-electron chi connectivity index (χ2n) is 7.58. The van der Waals surface area contributed by atoms with Crippen molar-refractivity contribution in [1.82, 2.24) is 14.1 Å². The monoisotopic (exact) mass is 405 g/mol. The number of amides is 1. The highest BCUT2D eigenvalue weighted by Crippen LogP contribution is 2.20. The van der Waals surface area contributed by atoms with Crippen LogP contribution in [0.1, 0.15) is 38.2 Å². The molecule has 2 heterocycles. The van der Waals surface area contributed by atoms with Crippen molar-refractivity contribution in [3.63, 3.8) is 0 Å². The molecule has 6 nitrogen and oxygen atoms in total. The summed E-state index contributed by atoms with van der Waals surface area (Å²) in [7, 11) is -3.44. The van der Waals surface area contributed by atoms with E-state index in [9.17, 15) is 13.2 Å². The molecule has 1 aromatic rings. The van der Waals surface area contributed by atoms with E-state index in [1.54, 1.807) is 6.08 Å². The average Bonchev–Trinajstić information content (AvgIpc) is 2.73. The number of hydrogen-bond acceptors (Lipinski definition) is 4. The number of sulfonamides is 1. The summed E-state index contributed by atoms with van der Waals surface area (Å²) in [6.45, 7) is 5.42. The largest absolute Gasteiger partial charge is 0.339 e. The van der Waals surface area contributed by atoms with Crippen molar-refractivity contribution in [2.75, 3.05) is 39.3 Å². The Balaban J connectivity index is 1.51. The van der Waals surface area contributed by atoms with Crippen molar-refractivity contribution in [2.24, 2.45) is 0 Å². The maximum Gasteiger partial charge on any atom is 0.236 e. The fraction of sp³-hybridized carbons (Fsp3) is 0.571. The summed E-state index contributed by atoms with van der Waals surface area (Å²) in [5.41, 5.74) is 0.863. The van der Waals surface area contributed by atoms with E-state index in [1.807, 2.05) is 35.2 Å². The minimum Gasteiger partial charge on any atom is -0.339 e. The number of piperazine rings is 1. The number of piperidine rings is 1. The predicted octanol–water partition coefficient (Wildman–Crippen LogP) is 2.40. The summed E-state index contributed by atoms with van der Waals surface area (Å²) in [5.74, 6) is 0.187. The second kappa shape index (κ2) is 9.67. The van der Waals surface area contributed by atoms with Gasteiger partial charge in [0.2, 0.25) is 15.9 Å². The van der Waals surface area contributed by atoms with Gasteiger partial charge in [-0.2, -0.15) is 4.31 Å². The third-order valence-corrected chi connectivity index (χ3v) is 7.27. The van der Waals surface area contributed by atoms with Gasteiger partial charge in [-0.1, -0.05) is 37.3 Å². The average molecular weight is 406 g/mol. The van der Waals surface area contributed by atoms with E-state index >= 15 is 0 Å². The molecule has 0 spiro atoms. The van der Waals surface area contributed by atoms with Crippen molar-refractivity contribution in [3.8, 4) is 0 Å². The lowest BCUT2D eigenvalue weighted by Gasteiger charge is -2.38. The van der Waals surface area contributed by atoms with Crippen LogP contribution in [0.3, 0.4) is 0 Å². The zero-order valence-corrected chi connectivity index (χ0v) is 17.5. The van der Waals surface area contributed by atoms with Crippen LogP contribution in [0.2, 0.25) is 0 Å². The molecule has 154 valence electrons. The lowest BCUT2D eigenvalue weighted by molar-refractivity contribution is -0.136. The molecule has 0 N–H and O–H groups in total. The Bertz CT molecular complexity index is 771. The highest BCUT2D eigenvalue weighted by molar-refractivity contribution is 7.92. The zero-order chi connectivity index (χ0) is 20.0. The van der Waals surface area contributed by atoms with E-state index in [-0.39, 0.29) is 5.91 Å². The number of hydrogen-bond donors (Lipinski definition) is 0. The quantitative estimate of drug-likeness (QED) is 0.729. The molecule has 0 radical (unpaired) electrons. The summed E-state index contributed by atoms with van der Waals surface area (Å²) < 4.78 is 26.6. The molecule has 3 rings (SSSR count). The van der Waals surface area contributed by atoms with Crippen LogP contribution >= 0.6 is 0 Å². The Morgan fingerprint density at radius 2 is 1.79 bits per heavy atom. The third kappa shape index (κ3) is 5.43. The van der Waals surface area contributed by atoms with Crippen molar-refractivity contribution < 1.29 is 13.2 Å². The van der Waals surface area contributed by atoms with Crippen molar-refractivity contribution in [2.45, 2.75) is 38.6 Å². The molecule has 2 aliphatic rings. The number of likely N-dealkylation sites (tertiary alicyclic amines) is 1. The highest BCUT2D eigenvalue weighted by Gasteiger charge is 2.29. The summed E-state index contributed by atoms with van der Waals surface area (Å²) >= 11 is 0. The fourth-order valence-corrected chi connectivity index (χ4v) is 5.17. The molecule has 0 bridgehead atoms. The van der Waals surface area contributed by atoms with E-state index in [2.05, 4.69) is 11.8 Å². The number of benzene rings is 1. The first-order valence-corrected chi connectivity index (χ1v) is 11.7. The first-order valence-electron chi connectivity index (χ1n) is 10.2. The van der Waals surface area contributed by atoms with Gasteiger partial charge in [-0.25, -0.2) is 8.42 Å². The topological polar surface area (TPSA) is 60.9 Å². The van der Waals surface area contributed by atoms with Gasteiger partial charge in [-0.3, -0.25) is 9.69 Å². The van der Waals surface area contributed by atoms with Gasteiger partial charge in [0.25, 0.3) is 0 Å². The molecule has 2 aliphatic heterocycles. The van der Waals surface area contributed by atoms with Gasteiger partial charge >= 0.3 is 0 Å². The lowest BCUT2D eigenvalue weighted by atomic mass is 10.00. The Kier molecular flexibility index (Phi) is 7.26. The standard InChI is InChI=1S/C21H31N3O3S/c1-2-20-10-6-7-12-24(20)21(25)18-22-13-15-23(16-14-22)28(26,27)17-11-19-8-4-3-5-9-19/h3-5,8-9,11,17,20H,2,6-7,10,12-16,18H2,1H3/b17-11+. The van der Waals surface area contributed by atoms with Gasteiger partial charge in [0, 0.05) is 44.2 Å². The summed E-state index contributed by atoms with van der Waals surface area (Å²) in [6, 6.07) is 9.78. The van der Waals surface area contributed by atoms with Crippen LogP contribution in [-0.2, 0) is 14.8 Å². The molecule has 0 aliphatic carbocycles. The van der Waals surface area contributed by atoms with E-state index in [1.165, 1.54) is 16.1 Å². The van der Waals surface area contributed by atoms with Crippen LogP contribution < -0.4 is 0 Å². The maximum atomic E-state index is 12.7. The molecule has 0 saturated carbocycles. The van der Waals surface area contributed by atoms with Crippen LogP contribution in [0, 0.1) is 0 Å². The third-order valence-electron chi connectivity index (χ3n) is 5.70. The molecule has 0 aromatic heterocycles. The maximum absolute atomic E-state index is 12.7. The van der Waals surface area contributed by atoms with Gasteiger partial charge in [-0.15, -0.1) is 0 Å². The number of rotatable bonds is 6. The zero-order valence-electron chi connectivity index (χ0n) is 16.7. The molecule has 1 unspecified atom stereocenters. The van der Waals surface area contributed by atoms with Gasteiger partial charge in [-0.05, 0) is 37.3 Å². The van der Waals surface area contributed by atoms with Crippen LogP contribution in [0.5, 0.6) is 0 Å². The number of carbonyl (C=O) groups is 1. The number of carbonyl (C=O) groups excluding carboxylic acids is 1. The molecular formula is C21H31N3O3S. The van der Waals surface area contributed by atoms with Gasteiger partial charge < -0.3 is 4.90 Å². The molecule has 1 aromatic carbocycles. The SMILES string of the molecule is CCC1CCCCN1C(=O)CN1CCN(S(=O)(=O)/C=C/c2ccccc2)CC1. The minimum absolute atomic E-state index is 0.187. The van der Waals surface area contributed by atoms with E-state index in [0.29, 0.717) is 38.8 Å². The molecule has 2 fully saturated rings. The lowest BCUT2D eigenvalue weighted by Crippen LogP contribution is -2.53. The minimum atomic E-state index is -3.44. The van der Waals surface area contributed by atoms with Crippen molar-refractivity contribution in [1.29, 1.82) is 0 Å². The molecule has 2 saturated heterocycles. The summed E-state index contributed by atoms with van der Waals surface area (Å²) in [5, 5.41) is 1.28. The first kappa shape index (κ1) is 21.0. The Hall–Kier alpha value is -1.70. The second-order valence-corrected chi connectivity index (χ2v) is 9.40. The van der Waals surface area contributed by atoms with Crippen molar-refractivity contribution in [3.05, 3.63) is 41.3 Å². The van der Waals surface area contributed by atoms with Gasteiger partial charge in [0.05, 0.1) is 6.54 Å². The summed E-state index contributed by atoms with van der Waals surface area (Å²) in [6.07, 6.45) is 6.03. The smallest absolute Gasteiger partial charge is 0.236 e. The van der Waals surface area contributed by atoms with Crippen LogP contribution in [0.4, 0.5) is 0 Å². The fourth-order valence-electron chi connectivity index (χ4n) is 3.99. The number of nitrogens with zero attached hydrogens (tertiary/aromatic N) is 3. The molecule has 7 heteroatoms. The molecule has 1 amide bonds. The van der Waals surface area contributed by atoms with Crippen LogP contribution in [0.25, 0.3) is 6.08 Å². The normalized spacial score (nSPS) is 22.6. The van der Waals surface area contributed by atoms with Gasteiger partial charge in [0.1, 0.15) is 0 Å². The summed E-state index contributed by atoms with van der Waals surface area (Å²) in [4.78, 5) is 16.8. The Labute approximate surface area is 168 Å². The van der Waals surface area contributed by atoms with Crippen LogP contribution in [-0.4, -0.2) is 73.7 Å². The van der Waals surface area contributed by atoms with Crippen LogP contribution in [0.15, 0.2) is 35.7 Å².